The third kappa shape index (κ3) is 2.79. The number of thiophene rings is 1. The summed E-state index contributed by atoms with van der Waals surface area (Å²) in [6.07, 6.45) is 2.20. The molecule has 2 nitrogen and oxygen atoms in total. The predicted molar refractivity (Wildman–Crippen MR) is 82.2 cm³/mol. The first kappa shape index (κ1) is 15.7. The largest absolute Gasteiger partial charge is 0.322 e. The number of nitrogens with two attached hydrogens (primary N) is 1. The van der Waals surface area contributed by atoms with Gasteiger partial charge in [0.15, 0.2) is 0 Å². The summed E-state index contributed by atoms with van der Waals surface area (Å²) >= 11 is 1.80. The molecule has 0 bridgehead atoms. The molecule has 18 heavy (non-hydrogen) atoms. The topological polar surface area (TPSA) is 29.3 Å². The van der Waals surface area contributed by atoms with Gasteiger partial charge in [-0.3, -0.25) is 4.90 Å². The number of hydrogen-bond acceptors (Lipinski definition) is 3. The molecule has 1 unspecified atom stereocenters. The Morgan fingerprint density at radius 2 is 1.78 bits per heavy atom. The van der Waals surface area contributed by atoms with Crippen LogP contribution < -0.4 is 5.73 Å². The highest BCUT2D eigenvalue weighted by Gasteiger charge is 2.38. The molecule has 0 aliphatic rings. The summed E-state index contributed by atoms with van der Waals surface area (Å²) in [4.78, 5) is 3.88. The van der Waals surface area contributed by atoms with Crippen LogP contribution in [-0.4, -0.2) is 23.5 Å². The van der Waals surface area contributed by atoms with E-state index in [2.05, 4.69) is 51.0 Å². The third-order valence-electron chi connectivity index (χ3n) is 4.31. The highest BCUT2D eigenvalue weighted by molar-refractivity contribution is 7.10. The lowest BCUT2D eigenvalue weighted by atomic mass is 9.80. The number of aryl methyl sites for hydroxylation is 1. The Bertz CT molecular complexity index is 351. The van der Waals surface area contributed by atoms with Crippen molar-refractivity contribution in [2.45, 2.75) is 59.0 Å². The standard InChI is InChI=1S/C15H28N2S/c1-6-15(7-2,17(8-3)9-4)14(16)13-10-12(5)18-11-13/h10-11,14H,6-9,16H2,1-5H3. The van der Waals surface area contributed by atoms with Gasteiger partial charge in [-0.05, 0) is 49.9 Å². The molecule has 0 aliphatic heterocycles. The van der Waals surface area contributed by atoms with Gasteiger partial charge in [-0.25, -0.2) is 0 Å². The van der Waals surface area contributed by atoms with Crippen molar-refractivity contribution < 1.29 is 0 Å². The van der Waals surface area contributed by atoms with Crippen LogP contribution in [0.5, 0.6) is 0 Å². The first-order chi connectivity index (χ1) is 8.55. The minimum Gasteiger partial charge on any atom is -0.322 e. The van der Waals surface area contributed by atoms with E-state index in [0.717, 1.165) is 25.9 Å². The van der Waals surface area contributed by atoms with Crippen molar-refractivity contribution in [2.24, 2.45) is 5.73 Å². The second-order valence-corrected chi connectivity index (χ2v) is 6.07. The second-order valence-electron chi connectivity index (χ2n) is 4.95. The summed E-state index contributed by atoms with van der Waals surface area (Å²) in [5, 5.41) is 2.23. The van der Waals surface area contributed by atoms with Crippen LogP contribution in [0.15, 0.2) is 11.4 Å². The first-order valence-corrected chi connectivity index (χ1v) is 7.99. The van der Waals surface area contributed by atoms with Gasteiger partial charge in [-0.1, -0.05) is 27.7 Å². The molecular formula is C15H28N2S. The molecule has 104 valence electrons. The second kappa shape index (κ2) is 6.69. The number of likely N-dealkylation sites (N-methyl/N-ethyl adjacent to an activating group) is 1. The zero-order chi connectivity index (χ0) is 13.8. The van der Waals surface area contributed by atoms with Crippen LogP contribution in [0.4, 0.5) is 0 Å². The van der Waals surface area contributed by atoms with Gasteiger partial charge < -0.3 is 5.73 Å². The Labute approximate surface area is 116 Å². The maximum atomic E-state index is 6.63. The summed E-state index contributed by atoms with van der Waals surface area (Å²) < 4.78 is 0. The number of hydrogen-bond donors (Lipinski definition) is 1. The van der Waals surface area contributed by atoms with Gasteiger partial charge in [0, 0.05) is 16.5 Å². The van der Waals surface area contributed by atoms with Gasteiger partial charge in [-0.2, -0.15) is 0 Å². The molecule has 2 N–H and O–H groups in total. The average Bonchev–Trinajstić information content (AvgIpc) is 2.82. The fourth-order valence-corrected chi connectivity index (χ4v) is 3.86. The monoisotopic (exact) mass is 268 g/mol. The van der Waals surface area contributed by atoms with E-state index in [0.29, 0.717) is 0 Å². The van der Waals surface area contributed by atoms with Crippen LogP contribution in [0.1, 0.15) is 57.0 Å². The summed E-state index contributed by atoms with van der Waals surface area (Å²) in [7, 11) is 0. The fraction of sp³-hybridized carbons (Fsp3) is 0.733. The Kier molecular flexibility index (Phi) is 5.83. The minimum atomic E-state index is 0.0943. The number of nitrogens with zero attached hydrogens (tertiary/aromatic N) is 1. The smallest absolute Gasteiger partial charge is 0.0490 e. The van der Waals surface area contributed by atoms with Gasteiger partial charge in [0.25, 0.3) is 0 Å². The number of rotatable bonds is 7. The van der Waals surface area contributed by atoms with Crippen molar-refractivity contribution in [2.75, 3.05) is 13.1 Å². The molecule has 0 saturated heterocycles. The zero-order valence-electron chi connectivity index (χ0n) is 12.5. The SMILES string of the molecule is CCN(CC)C(CC)(CC)C(N)c1csc(C)c1. The fourth-order valence-electron chi connectivity index (χ4n) is 3.12. The van der Waals surface area contributed by atoms with Gasteiger partial charge in [0.2, 0.25) is 0 Å². The van der Waals surface area contributed by atoms with Gasteiger partial charge in [0.05, 0.1) is 0 Å². The maximum absolute atomic E-state index is 6.63. The first-order valence-electron chi connectivity index (χ1n) is 7.11. The van der Waals surface area contributed by atoms with Crippen molar-refractivity contribution in [1.82, 2.24) is 4.90 Å². The summed E-state index contributed by atoms with van der Waals surface area (Å²) in [5.74, 6) is 0. The molecule has 1 aromatic rings. The molecule has 3 heteroatoms. The van der Waals surface area contributed by atoms with Crippen LogP contribution in [0.3, 0.4) is 0 Å². The molecule has 0 aliphatic carbocycles. The highest BCUT2D eigenvalue weighted by Crippen LogP contribution is 2.37. The molecule has 0 saturated carbocycles. The normalized spacial score (nSPS) is 14.2. The van der Waals surface area contributed by atoms with Gasteiger partial charge >= 0.3 is 0 Å². The van der Waals surface area contributed by atoms with E-state index in [1.54, 1.807) is 11.3 Å². The molecule has 1 atom stereocenters. The van der Waals surface area contributed by atoms with Crippen LogP contribution >= 0.6 is 11.3 Å². The lowest BCUT2D eigenvalue weighted by molar-refractivity contribution is 0.0626. The molecule has 0 fully saturated rings. The molecule has 0 spiro atoms. The molecule has 0 aromatic carbocycles. The third-order valence-corrected chi connectivity index (χ3v) is 5.19. The minimum absolute atomic E-state index is 0.0943. The van der Waals surface area contributed by atoms with E-state index in [4.69, 9.17) is 5.73 Å². The van der Waals surface area contributed by atoms with E-state index >= 15 is 0 Å². The van der Waals surface area contributed by atoms with Crippen molar-refractivity contribution in [3.63, 3.8) is 0 Å². The Hall–Kier alpha value is -0.380. The van der Waals surface area contributed by atoms with E-state index in [1.165, 1.54) is 10.4 Å². The van der Waals surface area contributed by atoms with E-state index in [1.807, 2.05) is 0 Å². The van der Waals surface area contributed by atoms with Gasteiger partial charge in [0.1, 0.15) is 0 Å². The quantitative estimate of drug-likeness (QED) is 0.811. The summed E-state index contributed by atoms with van der Waals surface area (Å²) in [6, 6.07) is 2.36. The molecule has 1 rings (SSSR count). The van der Waals surface area contributed by atoms with Crippen molar-refractivity contribution >= 4 is 11.3 Å². The van der Waals surface area contributed by atoms with E-state index in [-0.39, 0.29) is 11.6 Å². The highest BCUT2D eigenvalue weighted by atomic mass is 32.1. The maximum Gasteiger partial charge on any atom is 0.0490 e. The molecule has 1 heterocycles. The molecule has 0 radical (unpaired) electrons. The Morgan fingerprint density at radius 1 is 1.22 bits per heavy atom. The van der Waals surface area contributed by atoms with Crippen LogP contribution in [0, 0.1) is 6.92 Å². The van der Waals surface area contributed by atoms with Crippen LogP contribution in [-0.2, 0) is 0 Å². The molecule has 1 aromatic heterocycles. The molecular weight excluding hydrogens is 240 g/mol. The van der Waals surface area contributed by atoms with Crippen LogP contribution in [0.25, 0.3) is 0 Å². The van der Waals surface area contributed by atoms with Gasteiger partial charge in [-0.15, -0.1) is 11.3 Å². The zero-order valence-corrected chi connectivity index (χ0v) is 13.3. The van der Waals surface area contributed by atoms with Crippen molar-refractivity contribution in [3.05, 3.63) is 21.9 Å². The average molecular weight is 268 g/mol. The molecule has 0 amide bonds. The summed E-state index contributed by atoms with van der Waals surface area (Å²) in [5.41, 5.74) is 8.02. The van der Waals surface area contributed by atoms with E-state index < -0.39 is 0 Å². The van der Waals surface area contributed by atoms with Crippen molar-refractivity contribution in [3.8, 4) is 0 Å². The lowest BCUT2D eigenvalue weighted by Gasteiger charge is -2.46. The summed E-state index contributed by atoms with van der Waals surface area (Å²) in [6.45, 7) is 13.3. The Morgan fingerprint density at radius 3 is 2.11 bits per heavy atom. The lowest BCUT2D eigenvalue weighted by Crippen LogP contribution is -2.54. The van der Waals surface area contributed by atoms with Crippen LogP contribution in [0.2, 0.25) is 0 Å². The predicted octanol–water partition coefficient (Wildman–Crippen LogP) is 3.96. The Balaban J connectivity index is 3.10. The van der Waals surface area contributed by atoms with Crippen molar-refractivity contribution in [1.29, 1.82) is 0 Å². The van der Waals surface area contributed by atoms with E-state index in [9.17, 15) is 0 Å².